The lowest BCUT2D eigenvalue weighted by atomic mass is 9.88. The summed E-state index contributed by atoms with van der Waals surface area (Å²) in [5, 5.41) is 4.97. The number of aromatic nitrogens is 3. The molecule has 1 saturated heterocycles. The van der Waals surface area contributed by atoms with Crippen LogP contribution >= 0.6 is 0 Å². The first kappa shape index (κ1) is 27.5. The molecule has 10 heteroatoms. The molecule has 0 bridgehead atoms. The van der Waals surface area contributed by atoms with Gasteiger partial charge in [-0.1, -0.05) is 12.1 Å². The van der Waals surface area contributed by atoms with Crippen molar-refractivity contribution >= 4 is 28.2 Å². The molecule has 1 unspecified atom stereocenters. The number of carbonyl (C=O) groups is 1. The number of anilines is 1. The van der Waals surface area contributed by atoms with Gasteiger partial charge in [-0.3, -0.25) is 4.79 Å². The maximum absolute atomic E-state index is 15.2. The van der Waals surface area contributed by atoms with E-state index in [1.54, 1.807) is 18.2 Å². The Morgan fingerprint density at radius 2 is 1.93 bits per heavy atom. The number of ether oxygens (including phenoxy) is 1. The minimum absolute atomic E-state index is 0.0895. The molecule has 2 atom stereocenters. The lowest BCUT2D eigenvalue weighted by Crippen LogP contribution is -2.38. The number of hydrogen-bond donors (Lipinski definition) is 2. The molecule has 2 aromatic carbocycles. The maximum atomic E-state index is 15.2. The van der Waals surface area contributed by atoms with Crippen LogP contribution in [0, 0.1) is 23.4 Å². The number of fused-ring (bicyclic) bond motifs is 2. The second-order valence-corrected chi connectivity index (χ2v) is 12.1. The monoisotopic (exact) mass is 587 g/mol. The third kappa shape index (κ3) is 4.74. The molecular formula is C33H32F3N5O2. The van der Waals surface area contributed by atoms with Gasteiger partial charge in [0.1, 0.15) is 17.2 Å². The molecule has 2 aromatic heterocycles. The van der Waals surface area contributed by atoms with Gasteiger partial charge in [-0.2, -0.15) is 9.49 Å². The standard InChI is InChI=1S/C33H32F3N5O2/c1-18(2)40-10-7-19(8-11-40)23-15-27-20(12-26(23)35)13-28(39-27)31(42)24-17-38-41(32(24)37)22-6-9-33(16-21(33)14-22)43-29-5-3-4-25(34)30(29)36/h3-6,9,12-15,17-19,21,39H,7-8,10-11,16,37H2,1-2H3/t21-,33?/m1/s1. The number of nitrogen functional groups attached to an aromatic ring is 1. The molecule has 2 fully saturated rings. The van der Waals surface area contributed by atoms with Crippen LogP contribution in [0.3, 0.4) is 0 Å². The van der Waals surface area contributed by atoms with Crippen molar-refractivity contribution < 1.29 is 22.7 Å². The zero-order valence-electron chi connectivity index (χ0n) is 23.9. The summed E-state index contributed by atoms with van der Waals surface area (Å²) in [6, 6.07) is 9.29. The number of hydrogen-bond acceptors (Lipinski definition) is 5. The molecule has 3 N–H and O–H groups in total. The second kappa shape index (κ2) is 10.2. The zero-order valence-corrected chi connectivity index (χ0v) is 23.9. The minimum Gasteiger partial charge on any atom is -0.479 e. The van der Waals surface area contributed by atoms with Crippen LogP contribution in [0.1, 0.15) is 60.6 Å². The summed E-state index contributed by atoms with van der Waals surface area (Å²) in [7, 11) is 0. The largest absolute Gasteiger partial charge is 0.479 e. The fraction of sp³-hybridized carbons (Fsp3) is 0.333. The lowest BCUT2D eigenvalue weighted by molar-refractivity contribution is 0.103. The van der Waals surface area contributed by atoms with E-state index in [0.717, 1.165) is 32.0 Å². The average Bonchev–Trinajstić information content (AvgIpc) is 3.32. The highest BCUT2D eigenvalue weighted by atomic mass is 19.2. The van der Waals surface area contributed by atoms with Crippen molar-refractivity contribution in [1.82, 2.24) is 19.7 Å². The van der Waals surface area contributed by atoms with Crippen LogP contribution in [-0.4, -0.2) is 50.2 Å². The number of halogens is 3. The fourth-order valence-corrected chi connectivity index (χ4v) is 6.44. The summed E-state index contributed by atoms with van der Waals surface area (Å²) in [5.74, 6) is -2.52. The van der Waals surface area contributed by atoms with Crippen molar-refractivity contribution in [2.75, 3.05) is 18.8 Å². The van der Waals surface area contributed by atoms with Crippen molar-refractivity contribution in [3.8, 4) is 5.75 Å². The molecule has 3 aliphatic rings. The van der Waals surface area contributed by atoms with Crippen LogP contribution in [0.2, 0.25) is 0 Å². The van der Waals surface area contributed by atoms with Crippen molar-refractivity contribution in [2.24, 2.45) is 5.92 Å². The number of ketones is 1. The van der Waals surface area contributed by atoms with E-state index in [1.165, 1.54) is 29.1 Å². The highest BCUT2D eigenvalue weighted by molar-refractivity contribution is 6.12. The summed E-state index contributed by atoms with van der Waals surface area (Å²) < 4.78 is 50.3. The van der Waals surface area contributed by atoms with Gasteiger partial charge in [-0.05, 0) is 93.7 Å². The van der Waals surface area contributed by atoms with Gasteiger partial charge in [0.05, 0.1) is 23.2 Å². The van der Waals surface area contributed by atoms with Gasteiger partial charge in [0.25, 0.3) is 0 Å². The van der Waals surface area contributed by atoms with Crippen molar-refractivity contribution in [1.29, 1.82) is 0 Å². The molecule has 3 heterocycles. The average molecular weight is 588 g/mol. The van der Waals surface area contributed by atoms with Gasteiger partial charge in [-0.25, -0.2) is 13.5 Å². The van der Waals surface area contributed by atoms with Gasteiger partial charge in [0, 0.05) is 29.3 Å². The number of rotatable bonds is 7. The predicted molar refractivity (Wildman–Crippen MR) is 158 cm³/mol. The van der Waals surface area contributed by atoms with Crippen molar-refractivity contribution in [2.45, 2.75) is 50.7 Å². The number of allylic oxidation sites excluding steroid dienone is 2. The number of nitrogens with zero attached hydrogens (tertiary/aromatic N) is 3. The van der Waals surface area contributed by atoms with Gasteiger partial charge in [-0.15, -0.1) is 0 Å². The first-order valence-electron chi connectivity index (χ1n) is 14.6. The van der Waals surface area contributed by atoms with E-state index >= 15 is 4.39 Å². The van der Waals surface area contributed by atoms with Crippen LogP contribution < -0.4 is 10.5 Å². The van der Waals surface area contributed by atoms with Crippen LogP contribution in [0.25, 0.3) is 16.6 Å². The quantitative estimate of drug-likeness (QED) is 0.243. The Morgan fingerprint density at radius 3 is 2.67 bits per heavy atom. The molecule has 0 radical (unpaired) electrons. The predicted octanol–water partition coefficient (Wildman–Crippen LogP) is 6.43. The summed E-state index contributed by atoms with van der Waals surface area (Å²) in [6.45, 7) is 6.22. The number of H-pyrrole nitrogens is 1. The Morgan fingerprint density at radius 1 is 1.14 bits per heavy atom. The molecule has 0 spiro atoms. The number of carbonyl (C=O) groups excluding carboxylic acids is 1. The van der Waals surface area contributed by atoms with E-state index in [2.05, 4.69) is 28.8 Å². The van der Waals surface area contributed by atoms with Crippen molar-refractivity contribution in [3.63, 3.8) is 0 Å². The van der Waals surface area contributed by atoms with Gasteiger partial charge >= 0.3 is 0 Å². The van der Waals surface area contributed by atoms with Crippen LogP contribution in [0.4, 0.5) is 19.0 Å². The molecule has 7 rings (SSSR count). The molecule has 7 nitrogen and oxygen atoms in total. The van der Waals surface area contributed by atoms with E-state index in [0.29, 0.717) is 40.3 Å². The third-order valence-corrected chi connectivity index (χ3v) is 9.11. The summed E-state index contributed by atoms with van der Waals surface area (Å²) in [4.78, 5) is 19.1. The Labute approximate surface area is 246 Å². The first-order valence-corrected chi connectivity index (χ1v) is 14.6. The molecule has 2 aliphatic carbocycles. The maximum Gasteiger partial charge on any atom is 0.214 e. The number of piperidine rings is 1. The summed E-state index contributed by atoms with van der Waals surface area (Å²) in [5.41, 5.74) is 8.18. The molecule has 43 heavy (non-hydrogen) atoms. The van der Waals surface area contributed by atoms with Gasteiger partial charge in [0.2, 0.25) is 11.6 Å². The van der Waals surface area contributed by atoms with E-state index in [-0.39, 0.29) is 40.6 Å². The molecule has 1 saturated carbocycles. The van der Waals surface area contributed by atoms with E-state index in [9.17, 15) is 13.6 Å². The topological polar surface area (TPSA) is 89.2 Å². The Balaban J connectivity index is 1.09. The normalized spacial score (nSPS) is 22.2. The Bertz CT molecular complexity index is 1810. The SMILES string of the molecule is CC(C)N1CCC(c2cc3[nH]c(C(=O)c4cnn(C5=C[C@@H]6CC6(Oc6cccc(F)c6F)C=C5)c4N)cc3cc2F)CC1. The number of aromatic amines is 1. The Kier molecular flexibility index (Phi) is 6.50. The smallest absolute Gasteiger partial charge is 0.214 e. The van der Waals surface area contributed by atoms with E-state index in [1.807, 2.05) is 12.1 Å². The van der Waals surface area contributed by atoms with E-state index in [4.69, 9.17) is 10.5 Å². The lowest BCUT2D eigenvalue weighted by Gasteiger charge is -2.34. The number of likely N-dealkylation sites (tertiary alicyclic amines) is 1. The van der Waals surface area contributed by atoms with Crippen LogP contribution in [0.5, 0.6) is 5.75 Å². The molecule has 222 valence electrons. The first-order chi connectivity index (χ1) is 20.6. The summed E-state index contributed by atoms with van der Waals surface area (Å²) >= 11 is 0. The minimum atomic E-state index is -1.02. The Hall–Kier alpha value is -4.31. The number of nitrogens with one attached hydrogen (secondary N) is 1. The van der Waals surface area contributed by atoms with Gasteiger partial charge < -0.3 is 20.4 Å². The second-order valence-electron chi connectivity index (χ2n) is 12.1. The molecule has 4 aromatic rings. The van der Waals surface area contributed by atoms with Crippen molar-refractivity contribution in [3.05, 3.63) is 95.1 Å². The molecular weight excluding hydrogens is 555 g/mol. The number of benzene rings is 2. The highest BCUT2D eigenvalue weighted by Crippen LogP contribution is 2.53. The molecule has 0 amide bonds. The highest BCUT2D eigenvalue weighted by Gasteiger charge is 2.56. The fourth-order valence-electron chi connectivity index (χ4n) is 6.44. The molecule has 1 aliphatic heterocycles. The van der Waals surface area contributed by atoms with Gasteiger partial charge in [0.15, 0.2) is 11.6 Å². The summed E-state index contributed by atoms with van der Waals surface area (Å²) in [6.07, 6.45) is 9.22. The van der Waals surface area contributed by atoms with Crippen LogP contribution in [0.15, 0.2) is 60.8 Å². The third-order valence-electron chi connectivity index (χ3n) is 9.11. The zero-order chi connectivity index (χ0) is 30.0. The van der Waals surface area contributed by atoms with E-state index < -0.39 is 17.2 Å². The number of nitrogens with two attached hydrogens (primary N) is 1. The van der Waals surface area contributed by atoms with Crippen LogP contribution in [-0.2, 0) is 0 Å².